The molecule has 0 unspecified atom stereocenters. The molecule has 1 heterocycles. The molecule has 3 aromatic rings. The van der Waals surface area contributed by atoms with Gasteiger partial charge in [0, 0.05) is 11.3 Å². The van der Waals surface area contributed by atoms with Crippen molar-refractivity contribution in [3.05, 3.63) is 77.9 Å². The number of carbonyl (C=O) groups excluding carboxylic acids is 4. The molecule has 0 aromatic heterocycles. The molecule has 0 spiro atoms. The Morgan fingerprint density at radius 1 is 0.897 bits per heavy atom. The third kappa shape index (κ3) is 6.50. The second-order valence-electron chi connectivity index (χ2n) is 8.59. The monoisotopic (exact) mass is 534 g/mol. The number of nitrogens with one attached hydrogen (secondary N) is 4. The summed E-state index contributed by atoms with van der Waals surface area (Å²) in [6.45, 7) is 1.10. The molecule has 0 saturated carbocycles. The van der Waals surface area contributed by atoms with E-state index in [1.165, 1.54) is 12.4 Å². The number of carbonyl (C=O) groups is 4. The summed E-state index contributed by atoms with van der Waals surface area (Å²) in [5.41, 5.74) is 4.07. The Hall–Kier alpha value is -4.94. The summed E-state index contributed by atoms with van der Waals surface area (Å²) in [6.07, 6.45) is -1.22. The summed E-state index contributed by atoms with van der Waals surface area (Å²) in [6, 6.07) is 17.1. The van der Waals surface area contributed by atoms with Crippen LogP contribution in [-0.4, -0.2) is 59.4 Å². The summed E-state index contributed by atoms with van der Waals surface area (Å²) in [7, 11) is 0. The highest BCUT2D eigenvalue weighted by Crippen LogP contribution is 2.35. The molecule has 202 valence electrons. The number of aliphatic hydroxyl groups excluding tert-OH is 1. The van der Waals surface area contributed by atoms with E-state index in [-0.39, 0.29) is 24.5 Å². The number of hydrogen-bond acceptors (Lipinski definition) is 8. The van der Waals surface area contributed by atoms with E-state index in [4.69, 9.17) is 14.7 Å². The van der Waals surface area contributed by atoms with Gasteiger partial charge in [-0.3, -0.25) is 24.4 Å². The van der Waals surface area contributed by atoms with Crippen LogP contribution in [0.1, 0.15) is 27.6 Å². The minimum Gasteiger partial charge on any atom is -0.454 e. The molecule has 1 aliphatic heterocycles. The van der Waals surface area contributed by atoms with Gasteiger partial charge in [-0.2, -0.15) is 0 Å². The van der Waals surface area contributed by atoms with Crippen LogP contribution in [0.25, 0.3) is 11.1 Å². The van der Waals surface area contributed by atoms with Gasteiger partial charge in [0.15, 0.2) is 11.5 Å². The lowest BCUT2D eigenvalue weighted by Crippen LogP contribution is -2.51. The third-order valence-electron chi connectivity index (χ3n) is 5.86. The van der Waals surface area contributed by atoms with Crippen LogP contribution in [0.3, 0.4) is 0 Å². The lowest BCUT2D eigenvalue weighted by Gasteiger charge is -2.19. The summed E-state index contributed by atoms with van der Waals surface area (Å²) >= 11 is 0. The molecule has 12 nitrogen and oxygen atoms in total. The van der Waals surface area contributed by atoms with Crippen LogP contribution in [0, 0.1) is 0 Å². The van der Waals surface area contributed by atoms with Gasteiger partial charge < -0.3 is 30.5 Å². The van der Waals surface area contributed by atoms with Crippen LogP contribution in [-0.2, 0) is 9.59 Å². The molecule has 4 rings (SSSR count). The first-order valence-corrected chi connectivity index (χ1v) is 11.9. The maximum absolute atomic E-state index is 12.5. The van der Waals surface area contributed by atoms with Gasteiger partial charge in [-0.1, -0.05) is 30.3 Å². The van der Waals surface area contributed by atoms with Gasteiger partial charge in [-0.25, -0.2) is 5.48 Å². The van der Waals surface area contributed by atoms with Gasteiger partial charge in [-0.05, 0) is 54.4 Å². The summed E-state index contributed by atoms with van der Waals surface area (Å²) in [5.74, 6) is -1.59. The van der Waals surface area contributed by atoms with Gasteiger partial charge >= 0.3 is 0 Å². The number of amides is 4. The van der Waals surface area contributed by atoms with Crippen molar-refractivity contribution in [3.63, 3.8) is 0 Å². The van der Waals surface area contributed by atoms with E-state index in [2.05, 4.69) is 16.0 Å². The van der Waals surface area contributed by atoms with E-state index in [1.807, 2.05) is 0 Å². The molecule has 0 fully saturated rings. The Bertz CT molecular complexity index is 1370. The normalized spacial score (nSPS) is 13.1. The highest BCUT2D eigenvalue weighted by Gasteiger charge is 2.26. The first kappa shape index (κ1) is 27.1. The van der Waals surface area contributed by atoms with E-state index in [9.17, 15) is 24.3 Å². The van der Waals surface area contributed by atoms with Crippen molar-refractivity contribution in [2.45, 2.75) is 19.1 Å². The minimum absolute atomic E-state index is 0.0332. The summed E-state index contributed by atoms with van der Waals surface area (Å²) < 4.78 is 10.6. The number of hydroxylamine groups is 1. The molecule has 0 bridgehead atoms. The fourth-order valence-corrected chi connectivity index (χ4v) is 3.83. The van der Waals surface area contributed by atoms with E-state index >= 15 is 0 Å². The topological polar surface area (TPSA) is 175 Å². The molecule has 0 radical (unpaired) electrons. The van der Waals surface area contributed by atoms with Crippen molar-refractivity contribution in [1.82, 2.24) is 16.1 Å². The SMILES string of the molecule is C[C@@H](O)[C@H](NC(=O)c1ccc(-c2ccc(NC(=O)CNC(=O)c3cccc4c3OCO4)cc2)cc1)C(=O)NO. The number of para-hydroxylation sites is 1. The zero-order valence-electron chi connectivity index (χ0n) is 20.8. The van der Waals surface area contributed by atoms with Gasteiger partial charge in [0.05, 0.1) is 18.2 Å². The van der Waals surface area contributed by atoms with Crippen LogP contribution in [0.2, 0.25) is 0 Å². The van der Waals surface area contributed by atoms with Crippen LogP contribution < -0.4 is 30.9 Å². The van der Waals surface area contributed by atoms with Gasteiger partial charge in [-0.15, -0.1) is 0 Å². The van der Waals surface area contributed by atoms with Gasteiger partial charge in [0.2, 0.25) is 12.7 Å². The van der Waals surface area contributed by atoms with E-state index < -0.39 is 35.8 Å². The zero-order valence-corrected chi connectivity index (χ0v) is 20.8. The first-order valence-electron chi connectivity index (χ1n) is 11.9. The molecule has 1 aliphatic rings. The Kier molecular flexibility index (Phi) is 8.39. The van der Waals surface area contributed by atoms with E-state index in [1.54, 1.807) is 66.7 Å². The second kappa shape index (κ2) is 12.1. The van der Waals surface area contributed by atoms with Gasteiger partial charge in [0.1, 0.15) is 6.04 Å². The standard InChI is InChI=1S/C27H26N4O8/c1-15(32)23(27(36)31-37)30-25(34)18-7-5-16(6-8-18)17-9-11-19(12-10-17)29-22(33)13-28-26(35)20-3-2-4-21-24(20)39-14-38-21/h2-12,15,23,32,37H,13-14H2,1H3,(H,28,35)(H,29,33)(H,30,34)(H,31,36)/t15-,23+/m1/s1. The van der Waals surface area contributed by atoms with E-state index in [0.717, 1.165) is 11.1 Å². The predicted octanol–water partition coefficient (Wildman–Crippen LogP) is 1.44. The second-order valence-corrected chi connectivity index (χ2v) is 8.59. The Labute approximate surface area is 222 Å². The number of ether oxygens (including phenoxy) is 2. The van der Waals surface area contributed by atoms with Crippen LogP contribution in [0.4, 0.5) is 5.69 Å². The quantitative estimate of drug-likeness (QED) is 0.177. The maximum atomic E-state index is 12.5. The number of anilines is 1. The average molecular weight is 535 g/mol. The molecule has 4 amide bonds. The molecule has 12 heteroatoms. The minimum atomic E-state index is -1.32. The number of benzene rings is 3. The lowest BCUT2D eigenvalue weighted by atomic mass is 10.0. The zero-order chi connectivity index (χ0) is 27.9. The highest BCUT2D eigenvalue weighted by molar-refractivity contribution is 6.01. The fraction of sp³-hybridized carbons (Fsp3) is 0.185. The highest BCUT2D eigenvalue weighted by atomic mass is 16.7. The van der Waals surface area contributed by atoms with Gasteiger partial charge in [0.25, 0.3) is 17.7 Å². The first-order chi connectivity index (χ1) is 18.8. The number of aliphatic hydroxyl groups is 1. The number of fused-ring (bicyclic) bond motifs is 1. The molecule has 6 N–H and O–H groups in total. The Balaban J connectivity index is 1.31. The largest absolute Gasteiger partial charge is 0.454 e. The molecule has 0 saturated heterocycles. The van der Waals surface area contributed by atoms with Crippen LogP contribution in [0.15, 0.2) is 66.7 Å². The molecule has 0 aliphatic carbocycles. The Morgan fingerprint density at radius 3 is 2.21 bits per heavy atom. The van der Waals surface area contributed by atoms with Crippen molar-refractivity contribution >= 4 is 29.3 Å². The average Bonchev–Trinajstić information content (AvgIpc) is 3.43. The molecule has 2 atom stereocenters. The fourth-order valence-electron chi connectivity index (χ4n) is 3.83. The van der Waals surface area contributed by atoms with Crippen molar-refractivity contribution < 1.29 is 39.0 Å². The molecule has 39 heavy (non-hydrogen) atoms. The molecular formula is C27H26N4O8. The third-order valence-corrected chi connectivity index (χ3v) is 5.86. The van der Waals surface area contributed by atoms with Crippen molar-refractivity contribution in [3.8, 4) is 22.6 Å². The van der Waals surface area contributed by atoms with Crippen molar-refractivity contribution in [1.29, 1.82) is 0 Å². The summed E-state index contributed by atoms with van der Waals surface area (Å²) in [5, 5.41) is 26.1. The number of hydrogen-bond donors (Lipinski definition) is 6. The van der Waals surface area contributed by atoms with Crippen LogP contribution >= 0.6 is 0 Å². The van der Waals surface area contributed by atoms with Crippen LogP contribution in [0.5, 0.6) is 11.5 Å². The molecule has 3 aromatic carbocycles. The smallest absolute Gasteiger partial charge is 0.268 e. The Morgan fingerprint density at radius 2 is 1.56 bits per heavy atom. The lowest BCUT2D eigenvalue weighted by molar-refractivity contribution is -0.133. The van der Waals surface area contributed by atoms with Crippen molar-refractivity contribution in [2.24, 2.45) is 0 Å². The molecular weight excluding hydrogens is 508 g/mol. The predicted molar refractivity (Wildman–Crippen MR) is 138 cm³/mol. The number of rotatable bonds is 9. The van der Waals surface area contributed by atoms with E-state index in [0.29, 0.717) is 17.2 Å². The maximum Gasteiger partial charge on any atom is 0.268 e. The summed E-state index contributed by atoms with van der Waals surface area (Å²) in [4.78, 5) is 48.9. The van der Waals surface area contributed by atoms with Crippen molar-refractivity contribution in [2.75, 3.05) is 18.7 Å².